The summed E-state index contributed by atoms with van der Waals surface area (Å²) < 4.78 is 5.84. The molecule has 8 nitrogen and oxygen atoms in total. The number of hydrogen-bond donors (Lipinski definition) is 2. The van der Waals surface area contributed by atoms with Gasteiger partial charge < -0.3 is 15.2 Å². The zero-order valence-corrected chi connectivity index (χ0v) is 16.8. The van der Waals surface area contributed by atoms with Crippen molar-refractivity contribution < 1.29 is 19.6 Å². The Labute approximate surface area is 177 Å². The fourth-order valence-corrected chi connectivity index (χ4v) is 3.62. The van der Waals surface area contributed by atoms with Gasteiger partial charge in [0.1, 0.15) is 0 Å². The maximum atomic E-state index is 11.3. The van der Waals surface area contributed by atoms with Crippen LogP contribution in [0.4, 0.5) is 10.5 Å². The van der Waals surface area contributed by atoms with E-state index in [4.69, 9.17) is 27.9 Å². The van der Waals surface area contributed by atoms with Crippen LogP contribution in [0.3, 0.4) is 0 Å². The molecule has 2 aromatic carbocycles. The van der Waals surface area contributed by atoms with Crippen molar-refractivity contribution in [3.05, 3.63) is 73.8 Å². The number of amides is 1. The molecule has 3 rings (SSSR count). The first-order valence-electron chi connectivity index (χ1n) is 8.85. The van der Waals surface area contributed by atoms with Gasteiger partial charge in [0.15, 0.2) is 0 Å². The van der Waals surface area contributed by atoms with Crippen LogP contribution in [0.1, 0.15) is 17.2 Å². The molecular formula is C19H19Cl2N3O5. The molecule has 1 aliphatic heterocycles. The largest absolute Gasteiger partial charge is 0.465 e. The second-order valence-corrected chi connectivity index (χ2v) is 7.48. The third kappa shape index (κ3) is 5.57. The van der Waals surface area contributed by atoms with E-state index in [0.717, 1.165) is 5.56 Å². The molecule has 0 radical (unpaired) electrons. The standard InChI is InChI=1S/C19H19Cl2N3O5/c20-15-6-1-12(9-16(15)21)10-23-7-8-29-17(11-23)18(22-19(25)26)13-2-4-14(5-3-13)24(27)28/h1-6,9,17-18,22H,7-8,10-11H2,(H,25,26)/t17-,18?/m1/s1. The number of hydrogen-bond acceptors (Lipinski definition) is 5. The number of morpholine rings is 1. The van der Waals surface area contributed by atoms with E-state index in [9.17, 15) is 20.0 Å². The number of halogens is 2. The lowest BCUT2D eigenvalue weighted by atomic mass is 9.99. The van der Waals surface area contributed by atoms with Gasteiger partial charge in [0.05, 0.1) is 33.7 Å². The maximum absolute atomic E-state index is 11.3. The lowest BCUT2D eigenvalue weighted by Crippen LogP contribution is -2.48. The number of carboxylic acid groups (broad SMARTS) is 1. The summed E-state index contributed by atoms with van der Waals surface area (Å²) in [7, 11) is 0. The van der Waals surface area contributed by atoms with Crippen LogP contribution in [0, 0.1) is 10.1 Å². The van der Waals surface area contributed by atoms with Gasteiger partial charge in [-0.15, -0.1) is 0 Å². The van der Waals surface area contributed by atoms with Gasteiger partial charge in [-0.3, -0.25) is 15.0 Å². The van der Waals surface area contributed by atoms with Crippen molar-refractivity contribution in [3.63, 3.8) is 0 Å². The summed E-state index contributed by atoms with van der Waals surface area (Å²) in [6, 6.07) is 10.6. The molecule has 29 heavy (non-hydrogen) atoms. The van der Waals surface area contributed by atoms with Gasteiger partial charge in [-0.05, 0) is 23.3 Å². The number of nitrogens with zero attached hydrogens (tertiary/aromatic N) is 2. The summed E-state index contributed by atoms with van der Waals surface area (Å²) in [6.45, 7) is 2.19. The van der Waals surface area contributed by atoms with Crippen molar-refractivity contribution >= 4 is 35.0 Å². The molecule has 1 saturated heterocycles. The highest BCUT2D eigenvalue weighted by atomic mass is 35.5. The van der Waals surface area contributed by atoms with Crippen molar-refractivity contribution in [3.8, 4) is 0 Å². The molecule has 0 bridgehead atoms. The first-order valence-corrected chi connectivity index (χ1v) is 9.61. The summed E-state index contributed by atoms with van der Waals surface area (Å²) in [4.78, 5) is 23.8. The molecule has 1 fully saturated rings. The second-order valence-electron chi connectivity index (χ2n) is 6.67. The second kappa shape index (κ2) is 9.41. The molecule has 154 valence electrons. The lowest BCUT2D eigenvalue weighted by Gasteiger charge is -2.37. The minimum Gasteiger partial charge on any atom is -0.465 e. The van der Waals surface area contributed by atoms with Crippen LogP contribution in [0.25, 0.3) is 0 Å². The topological polar surface area (TPSA) is 105 Å². The fraction of sp³-hybridized carbons (Fsp3) is 0.316. The molecule has 10 heteroatoms. The van der Waals surface area contributed by atoms with Gasteiger partial charge in [-0.25, -0.2) is 4.79 Å². The molecule has 1 aliphatic rings. The van der Waals surface area contributed by atoms with Crippen molar-refractivity contribution in [2.24, 2.45) is 0 Å². The molecule has 1 heterocycles. The van der Waals surface area contributed by atoms with Crippen LogP contribution in [0.5, 0.6) is 0 Å². The first kappa shape index (κ1) is 21.3. The minimum atomic E-state index is -1.20. The minimum absolute atomic E-state index is 0.0615. The summed E-state index contributed by atoms with van der Waals surface area (Å²) in [5, 5.41) is 23.6. The van der Waals surface area contributed by atoms with Gasteiger partial charge in [0.25, 0.3) is 5.69 Å². The van der Waals surface area contributed by atoms with Crippen LogP contribution in [0.2, 0.25) is 10.0 Å². The Bertz CT molecular complexity index is 894. The van der Waals surface area contributed by atoms with E-state index in [-0.39, 0.29) is 5.69 Å². The van der Waals surface area contributed by atoms with E-state index >= 15 is 0 Å². The number of nitro groups is 1. The lowest BCUT2D eigenvalue weighted by molar-refractivity contribution is -0.384. The number of non-ortho nitro benzene ring substituents is 1. The van der Waals surface area contributed by atoms with Crippen LogP contribution >= 0.6 is 23.2 Å². The van der Waals surface area contributed by atoms with E-state index in [0.29, 0.717) is 41.8 Å². The van der Waals surface area contributed by atoms with Crippen molar-refractivity contribution in [2.75, 3.05) is 19.7 Å². The predicted octanol–water partition coefficient (Wildman–Crippen LogP) is 4.11. The van der Waals surface area contributed by atoms with Crippen molar-refractivity contribution in [1.29, 1.82) is 0 Å². The molecule has 0 spiro atoms. The van der Waals surface area contributed by atoms with Gasteiger partial charge in [-0.2, -0.15) is 0 Å². The molecule has 2 N–H and O–H groups in total. The zero-order valence-electron chi connectivity index (χ0n) is 15.3. The monoisotopic (exact) mass is 439 g/mol. The summed E-state index contributed by atoms with van der Waals surface area (Å²) in [5.74, 6) is 0. The number of benzene rings is 2. The smallest absolute Gasteiger partial charge is 0.405 e. The highest BCUT2D eigenvalue weighted by Crippen LogP contribution is 2.27. The fourth-order valence-electron chi connectivity index (χ4n) is 3.30. The molecule has 1 amide bonds. The third-order valence-electron chi connectivity index (χ3n) is 4.68. The number of nitrogens with one attached hydrogen (secondary N) is 1. The molecule has 2 aromatic rings. The van der Waals surface area contributed by atoms with Gasteiger partial charge >= 0.3 is 6.09 Å². The maximum Gasteiger partial charge on any atom is 0.405 e. The van der Waals surface area contributed by atoms with E-state index in [1.165, 1.54) is 12.1 Å². The average Bonchev–Trinajstić information content (AvgIpc) is 2.69. The van der Waals surface area contributed by atoms with Crippen LogP contribution in [-0.4, -0.2) is 46.8 Å². The SMILES string of the molecule is O=C(O)NC(c1ccc([N+](=O)[O-])cc1)[C@H]1CN(Cc2ccc(Cl)c(Cl)c2)CCO1. The molecule has 0 aromatic heterocycles. The highest BCUT2D eigenvalue weighted by molar-refractivity contribution is 6.42. The zero-order chi connectivity index (χ0) is 21.0. The predicted molar refractivity (Wildman–Crippen MR) is 108 cm³/mol. The van der Waals surface area contributed by atoms with E-state index in [2.05, 4.69) is 10.2 Å². The normalized spacial score (nSPS) is 18.2. The Morgan fingerprint density at radius 2 is 2.00 bits per heavy atom. The third-order valence-corrected chi connectivity index (χ3v) is 5.42. The van der Waals surface area contributed by atoms with E-state index in [1.807, 2.05) is 6.07 Å². The Hall–Kier alpha value is -2.39. The quantitative estimate of drug-likeness (QED) is 0.518. The first-order chi connectivity index (χ1) is 13.8. The Balaban J connectivity index is 1.75. The summed E-state index contributed by atoms with van der Waals surface area (Å²) >= 11 is 12.0. The van der Waals surface area contributed by atoms with Crippen LogP contribution < -0.4 is 5.32 Å². The molecule has 0 saturated carbocycles. The van der Waals surface area contributed by atoms with Crippen LogP contribution in [-0.2, 0) is 11.3 Å². The number of carbonyl (C=O) groups is 1. The molecule has 2 atom stereocenters. The van der Waals surface area contributed by atoms with Gasteiger partial charge in [-0.1, -0.05) is 41.4 Å². The van der Waals surface area contributed by atoms with Gasteiger partial charge in [0.2, 0.25) is 0 Å². The number of rotatable bonds is 6. The van der Waals surface area contributed by atoms with E-state index in [1.54, 1.807) is 24.3 Å². The molecule has 1 unspecified atom stereocenters. The van der Waals surface area contributed by atoms with Crippen molar-refractivity contribution in [2.45, 2.75) is 18.7 Å². The average molecular weight is 440 g/mol. The Kier molecular flexibility index (Phi) is 6.92. The molecular weight excluding hydrogens is 421 g/mol. The van der Waals surface area contributed by atoms with Crippen molar-refractivity contribution in [1.82, 2.24) is 10.2 Å². The molecule has 0 aliphatic carbocycles. The summed E-state index contributed by atoms with van der Waals surface area (Å²) in [6.07, 6.45) is -1.65. The Morgan fingerprint density at radius 3 is 2.62 bits per heavy atom. The van der Waals surface area contributed by atoms with E-state index < -0.39 is 23.2 Å². The number of ether oxygens (including phenoxy) is 1. The summed E-state index contributed by atoms with van der Waals surface area (Å²) in [5.41, 5.74) is 1.52. The number of nitro benzene ring substituents is 1. The Morgan fingerprint density at radius 1 is 1.28 bits per heavy atom. The van der Waals surface area contributed by atoms with Crippen LogP contribution in [0.15, 0.2) is 42.5 Å². The highest BCUT2D eigenvalue weighted by Gasteiger charge is 2.31. The van der Waals surface area contributed by atoms with Gasteiger partial charge in [0, 0.05) is 31.8 Å².